The maximum Gasteiger partial charge on any atom is 0.264 e. The summed E-state index contributed by atoms with van der Waals surface area (Å²) in [5.41, 5.74) is 1.95. The molecule has 11 heteroatoms. The molecule has 3 aromatic rings. The molecule has 0 fully saturated rings. The van der Waals surface area contributed by atoms with Gasteiger partial charge in [-0.25, -0.2) is 8.42 Å². The number of carbonyl (C=O) groups excluding carboxylic acids is 2. The lowest BCUT2D eigenvalue weighted by molar-refractivity contribution is -0.139. The van der Waals surface area contributed by atoms with E-state index in [1.807, 2.05) is 6.92 Å². The number of anilines is 1. The molecule has 0 bridgehead atoms. The average molecular weight is 637 g/mol. The molecule has 208 valence electrons. The van der Waals surface area contributed by atoms with Gasteiger partial charge in [-0.1, -0.05) is 41.4 Å². The number of sulfonamides is 1. The SMILES string of the molecule is CCNC(=O)C(C)N(Cc1cccc(Cl)c1)C(=O)CN(c1ccc(C)cc1)S(=O)(=O)c1ccc(OC)c(Br)c1. The molecule has 1 atom stereocenters. The summed E-state index contributed by atoms with van der Waals surface area (Å²) in [7, 11) is -2.72. The largest absolute Gasteiger partial charge is 0.496 e. The number of amides is 2. The average Bonchev–Trinajstić information content (AvgIpc) is 2.90. The molecule has 0 spiro atoms. The summed E-state index contributed by atoms with van der Waals surface area (Å²) in [4.78, 5) is 28.0. The lowest BCUT2D eigenvalue weighted by atomic mass is 10.1. The van der Waals surface area contributed by atoms with E-state index in [-0.39, 0.29) is 17.3 Å². The summed E-state index contributed by atoms with van der Waals surface area (Å²) >= 11 is 9.50. The minimum absolute atomic E-state index is 0.0262. The third kappa shape index (κ3) is 7.52. The van der Waals surface area contributed by atoms with Crippen LogP contribution in [0.15, 0.2) is 76.1 Å². The number of aryl methyl sites for hydroxylation is 1. The normalized spacial score (nSPS) is 11.9. The van der Waals surface area contributed by atoms with Crippen molar-refractivity contribution in [2.24, 2.45) is 0 Å². The van der Waals surface area contributed by atoms with Gasteiger partial charge in [-0.05, 0) is 84.7 Å². The van der Waals surface area contributed by atoms with Crippen LogP contribution in [0.3, 0.4) is 0 Å². The highest BCUT2D eigenvalue weighted by atomic mass is 79.9. The highest BCUT2D eigenvalue weighted by Crippen LogP contribution is 2.31. The Hall–Kier alpha value is -3.08. The van der Waals surface area contributed by atoms with Crippen LogP contribution in [0.2, 0.25) is 5.02 Å². The molecule has 39 heavy (non-hydrogen) atoms. The topological polar surface area (TPSA) is 96.0 Å². The van der Waals surface area contributed by atoms with Crippen LogP contribution in [0.25, 0.3) is 0 Å². The van der Waals surface area contributed by atoms with E-state index in [1.165, 1.54) is 30.2 Å². The monoisotopic (exact) mass is 635 g/mol. The molecule has 0 aromatic heterocycles. The number of halogens is 2. The van der Waals surface area contributed by atoms with Crippen LogP contribution >= 0.6 is 27.5 Å². The summed E-state index contributed by atoms with van der Waals surface area (Å²) in [6.07, 6.45) is 0. The van der Waals surface area contributed by atoms with Gasteiger partial charge in [-0.3, -0.25) is 13.9 Å². The Balaban J connectivity index is 2.05. The van der Waals surface area contributed by atoms with Gasteiger partial charge in [0.15, 0.2) is 0 Å². The Kier molecular flexibility index (Phi) is 10.4. The fourth-order valence-electron chi connectivity index (χ4n) is 3.91. The van der Waals surface area contributed by atoms with Crippen molar-refractivity contribution in [1.29, 1.82) is 0 Å². The standard InChI is InChI=1S/C28H31BrClN3O5S/c1-5-31-28(35)20(3)32(17-21-7-6-8-22(30)15-21)27(34)18-33(23-11-9-19(2)10-12-23)39(36,37)24-13-14-26(38-4)25(29)16-24/h6-16,20H,5,17-18H2,1-4H3,(H,31,35). The number of methoxy groups -OCH3 is 1. The molecule has 0 heterocycles. The summed E-state index contributed by atoms with van der Waals surface area (Å²) in [5, 5.41) is 3.22. The van der Waals surface area contributed by atoms with Crippen molar-refractivity contribution in [3.05, 3.63) is 87.4 Å². The van der Waals surface area contributed by atoms with Gasteiger partial charge in [0, 0.05) is 18.1 Å². The molecule has 3 aromatic carbocycles. The van der Waals surface area contributed by atoms with Crippen LogP contribution in [-0.4, -0.2) is 51.4 Å². The Labute approximate surface area is 243 Å². The van der Waals surface area contributed by atoms with Crippen LogP contribution in [0.5, 0.6) is 5.75 Å². The van der Waals surface area contributed by atoms with Gasteiger partial charge in [0.25, 0.3) is 10.0 Å². The van der Waals surface area contributed by atoms with Gasteiger partial charge in [0.1, 0.15) is 18.3 Å². The van der Waals surface area contributed by atoms with E-state index in [4.69, 9.17) is 16.3 Å². The zero-order valence-corrected chi connectivity index (χ0v) is 25.3. The molecule has 0 saturated carbocycles. The molecule has 0 aliphatic rings. The molecule has 8 nitrogen and oxygen atoms in total. The van der Waals surface area contributed by atoms with Gasteiger partial charge in [-0.15, -0.1) is 0 Å². The van der Waals surface area contributed by atoms with Gasteiger partial charge in [0.05, 0.1) is 22.2 Å². The minimum atomic E-state index is -4.20. The van der Waals surface area contributed by atoms with Crippen LogP contribution in [0, 0.1) is 6.92 Å². The second kappa shape index (κ2) is 13.3. The molecule has 1 unspecified atom stereocenters. The van der Waals surface area contributed by atoms with Crippen molar-refractivity contribution >= 4 is 55.1 Å². The Morgan fingerprint density at radius 3 is 2.36 bits per heavy atom. The number of hydrogen-bond acceptors (Lipinski definition) is 5. The number of hydrogen-bond donors (Lipinski definition) is 1. The van der Waals surface area contributed by atoms with E-state index < -0.39 is 28.5 Å². The number of nitrogens with zero attached hydrogens (tertiary/aromatic N) is 2. The van der Waals surface area contributed by atoms with Gasteiger partial charge in [-0.2, -0.15) is 0 Å². The molecule has 2 amide bonds. The Morgan fingerprint density at radius 2 is 1.77 bits per heavy atom. The van der Waals surface area contributed by atoms with Gasteiger partial charge < -0.3 is 15.0 Å². The van der Waals surface area contributed by atoms with Crippen molar-refractivity contribution in [3.8, 4) is 5.75 Å². The maximum absolute atomic E-state index is 13.9. The van der Waals surface area contributed by atoms with Crippen LogP contribution < -0.4 is 14.4 Å². The second-order valence-electron chi connectivity index (χ2n) is 8.87. The molecular formula is C28H31BrClN3O5S. The molecule has 0 saturated heterocycles. The number of likely N-dealkylation sites (N-methyl/N-ethyl adjacent to an activating group) is 1. The van der Waals surface area contributed by atoms with Crippen LogP contribution in [0.1, 0.15) is 25.0 Å². The fourth-order valence-corrected chi connectivity index (χ4v) is 6.26. The van der Waals surface area contributed by atoms with Gasteiger partial charge in [0.2, 0.25) is 11.8 Å². The van der Waals surface area contributed by atoms with E-state index in [0.29, 0.717) is 33.0 Å². The van der Waals surface area contributed by atoms with E-state index in [9.17, 15) is 18.0 Å². The van der Waals surface area contributed by atoms with Crippen LogP contribution in [0.4, 0.5) is 5.69 Å². The first-order valence-corrected chi connectivity index (χ1v) is 14.8. The zero-order chi connectivity index (χ0) is 28.7. The lowest BCUT2D eigenvalue weighted by Crippen LogP contribution is -2.51. The summed E-state index contributed by atoms with van der Waals surface area (Å²) in [6, 6.07) is 17.3. The van der Waals surface area contributed by atoms with Crippen molar-refractivity contribution in [2.75, 3.05) is 24.5 Å². The zero-order valence-electron chi connectivity index (χ0n) is 22.1. The van der Waals surface area contributed by atoms with Gasteiger partial charge >= 0.3 is 0 Å². The highest BCUT2D eigenvalue weighted by molar-refractivity contribution is 9.10. The fraction of sp³-hybridized carbons (Fsp3) is 0.286. The predicted molar refractivity (Wildman–Crippen MR) is 157 cm³/mol. The van der Waals surface area contributed by atoms with Crippen molar-refractivity contribution in [1.82, 2.24) is 10.2 Å². The summed E-state index contributed by atoms with van der Waals surface area (Å²) in [6.45, 7) is 5.20. The predicted octanol–water partition coefficient (Wildman–Crippen LogP) is 5.17. The number of nitrogens with one attached hydrogen (secondary N) is 1. The Bertz CT molecular complexity index is 1430. The summed E-state index contributed by atoms with van der Waals surface area (Å²) < 4.78 is 34.6. The number of ether oxygens (including phenoxy) is 1. The first kappa shape index (κ1) is 30.5. The van der Waals surface area contributed by atoms with E-state index in [1.54, 1.807) is 62.4 Å². The maximum atomic E-state index is 13.9. The molecule has 0 radical (unpaired) electrons. The van der Waals surface area contributed by atoms with E-state index in [2.05, 4.69) is 21.2 Å². The van der Waals surface area contributed by atoms with Crippen molar-refractivity contribution in [3.63, 3.8) is 0 Å². The number of rotatable bonds is 11. The summed E-state index contributed by atoms with van der Waals surface area (Å²) in [5.74, 6) is -0.433. The number of carbonyl (C=O) groups is 2. The first-order chi connectivity index (χ1) is 18.5. The molecule has 0 aliphatic heterocycles. The third-order valence-corrected chi connectivity index (χ3v) is 8.70. The lowest BCUT2D eigenvalue weighted by Gasteiger charge is -2.32. The first-order valence-electron chi connectivity index (χ1n) is 12.2. The molecule has 3 rings (SSSR count). The quantitative estimate of drug-likeness (QED) is 0.314. The van der Waals surface area contributed by atoms with E-state index >= 15 is 0 Å². The number of benzene rings is 3. The minimum Gasteiger partial charge on any atom is -0.496 e. The van der Waals surface area contributed by atoms with Crippen LogP contribution in [-0.2, 0) is 26.2 Å². The van der Waals surface area contributed by atoms with Crippen molar-refractivity contribution in [2.45, 2.75) is 38.3 Å². The third-order valence-electron chi connectivity index (χ3n) is 6.07. The second-order valence-corrected chi connectivity index (χ2v) is 12.0. The smallest absolute Gasteiger partial charge is 0.264 e. The molecule has 1 N–H and O–H groups in total. The van der Waals surface area contributed by atoms with E-state index in [0.717, 1.165) is 9.87 Å². The molecular weight excluding hydrogens is 606 g/mol. The molecule has 0 aliphatic carbocycles. The Morgan fingerprint density at radius 1 is 1.08 bits per heavy atom. The van der Waals surface area contributed by atoms with Crippen molar-refractivity contribution < 1.29 is 22.7 Å². The highest BCUT2D eigenvalue weighted by Gasteiger charge is 2.32.